The quantitative estimate of drug-likeness (QED) is 0.669. The summed E-state index contributed by atoms with van der Waals surface area (Å²) in [6, 6.07) is 0. The molecule has 2 heterocycles. The molecule has 1 fully saturated rings. The molecule has 0 amide bonds. The van der Waals surface area contributed by atoms with Crippen LogP contribution in [-0.4, -0.2) is 71.6 Å². The normalized spacial score (nSPS) is 15.9. The highest BCUT2D eigenvalue weighted by molar-refractivity contribution is 5.63. The van der Waals surface area contributed by atoms with Crippen molar-refractivity contribution < 1.29 is 33.7 Å². The van der Waals surface area contributed by atoms with Gasteiger partial charge in [-0.25, -0.2) is 4.98 Å². The highest BCUT2D eigenvalue weighted by Crippen LogP contribution is 2.18. The van der Waals surface area contributed by atoms with Crippen LogP contribution in [0.1, 0.15) is 13.8 Å². The van der Waals surface area contributed by atoms with Gasteiger partial charge in [-0.1, -0.05) is 0 Å². The summed E-state index contributed by atoms with van der Waals surface area (Å²) in [5, 5.41) is 14.8. The lowest BCUT2D eigenvalue weighted by molar-refractivity contribution is -0.135. The molecule has 0 aliphatic carbocycles. The average molecular weight is 362 g/mol. The number of halogens is 1. The maximum absolute atomic E-state index is 13.2. The largest absolute Gasteiger partial charge is 0.481 e. The Morgan fingerprint density at radius 2 is 2.00 bits per heavy atom. The van der Waals surface area contributed by atoms with E-state index in [0.29, 0.717) is 32.2 Å². The van der Waals surface area contributed by atoms with Crippen LogP contribution < -0.4 is 15.4 Å². The van der Waals surface area contributed by atoms with Crippen molar-refractivity contribution in [1.29, 1.82) is 0 Å². The number of carboxylic acid groups (broad SMARTS) is 2. The van der Waals surface area contributed by atoms with Crippen molar-refractivity contribution in [3.8, 4) is 5.88 Å². The first-order valence-corrected chi connectivity index (χ1v) is 7.23. The summed E-state index contributed by atoms with van der Waals surface area (Å²) in [5.41, 5.74) is 5.55. The number of hydrogen-bond donors (Lipinski definition) is 3. The number of methoxy groups -OCH3 is 1. The molecule has 0 radical (unpaired) electrons. The molecule has 0 spiro atoms. The van der Waals surface area contributed by atoms with E-state index in [1.165, 1.54) is 7.11 Å². The van der Waals surface area contributed by atoms with Crippen molar-refractivity contribution in [1.82, 2.24) is 9.97 Å². The molecule has 1 aliphatic rings. The Morgan fingerprint density at radius 1 is 1.44 bits per heavy atom. The van der Waals surface area contributed by atoms with E-state index in [0.717, 1.165) is 20.0 Å². The molecule has 10 nitrogen and oxygen atoms in total. The molecule has 0 saturated carbocycles. The summed E-state index contributed by atoms with van der Waals surface area (Å²) in [6.45, 7) is 4.43. The number of carboxylic acids is 2. The van der Waals surface area contributed by atoms with Gasteiger partial charge in [-0.3, -0.25) is 9.59 Å². The van der Waals surface area contributed by atoms with E-state index < -0.39 is 17.8 Å². The van der Waals surface area contributed by atoms with E-state index in [1.807, 2.05) is 4.90 Å². The minimum Gasteiger partial charge on any atom is -0.481 e. The van der Waals surface area contributed by atoms with E-state index >= 15 is 0 Å². The number of ether oxygens (including phenoxy) is 2. The molecular weight excluding hydrogens is 339 g/mol. The maximum atomic E-state index is 13.2. The van der Waals surface area contributed by atoms with E-state index in [1.54, 1.807) is 0 Å². The second-order valence-corrected chi connectivity index (χ2v) is 4.74. The van der Waals surface area contributed by atoms with Gasteiger partial charge in [0.15, 0.2) is 0 Å². The number of anilines is 1. The van der Waals surface area contributed by atoms with Gasteiger partial charge < -0.3 is 30.3 Å². The number of hydrogen-bond acceptors (Lipinski definition) is 8. The van der Waals surface area contributed by atoms with Crippen LogP contribution in [0, 0.1) is 5.82 Å². The third-order valence-electron chi connectivity index (χ3n) is 2.58. The van der Waals surface area contributed by atoms with Gasteiger partial charge >= 0.3 is 0 Å². The number of aromatic nitrogens is 2. The molecule has 1 aliphatic heterocycles. The van der Waals surface area contributed by atoms with Gasteiger partial charge in [0.1, 0.15) is 0 Å². The SMILES string of the molecule is CC(=O)O.CC(=O)O.COc1nc(N2CCOC(CN)C2)ncc1F. The lowest BCUT2D eigenvalue weighted by atomic mass is 10.3. The summed E-state index contributed by atoms with van der Waals surface area (Å²) in [4.78, 5) is 27.9. The van der Waals surface area contributed by atoms with Crippen molar-refractivity contribution in [3.05, 3.63) is 12.0 Å². The van der Waals surface area contributed by atoms with Gasteiger partial charge in [0, 0.05) is 33.5 Å². The van der Waals surface area contributed by atoms with Gasteiger partial charge in [-0.2, -0.15) is 9.37 Å². The van der Waals surface area contributed by atoms with Gasteiger partial charge in [-0.05, 0) is 0 Å². The van der Waals surface area contributed by atoms with Gasteiger partial charge in [0.2, 0.25) is 11.8 Å². The van der Waals surface area contributed by atoms with Gasteiger partial charge in [-0.15, -0.1) is 0 Å². The first kappa shape index (κ1) is 22.5. The molecule has 1 saturated heterocycles. The first-order chi connectivity index (χ1) is 11.7. The van der Waals surface area contributed by atoms with Crippen molar-refractivity contribution in [2.75, 3.05) is 38.3 Å². The minimum atomic E-state index is -0.833. The highest BCUT2D eigenvalue weighted by atomic mass is 19.1. The highest BCUT2D eigenvalue weighted by Gasteiger charge is 2.22. The summed E-state index contributed by atoms with van der Waals surface area (Å²) < 4.78 is 23.4. The van der Waals surface area contributed by atoms with Crippen molar-refractivity contribution in [2.24, 2.45) is 5.73 Å². The second kappa shape index (κ2) is 11.9. The number of aliphatic carboxylic acids is 2. The summed E-state index contributed by atoms with van der Waals surface area (Å²) in [6.07, 6.45) is 1.07. The number of nitrogens with two attached hydrogens (primary N) is 1. The molecule has 1 atom stereocenters. The maximum Gasteiger partial charge on any atom is 0.300 e. The van der Waals surface area contributed by atoms with Crippen molar-refractivity contribution in [3.63, 3.8) is 0 Å². The van der Waals surface area contributed by atoms with Gasteiger partial charge in [0.05, 0.1) is 26.0 Å². The smallest absolute Gasteiger partial charge is 0.300 e. The predicted octanol–water partition coefficient (Wildman–Crippen LogP) is -0.0300. The van der Waals surface area contributed by atoms with E-state index in [9.17, 15) is 4.39 Å². The fourth-order valence-electron chi connectivity index (χ4n) is 1.68. The zero-order valence-electron chi connectivity index (χ0n) is 14.3. The molecule has 0 bridgehead atoms. The fourth-order valence-corrected chi connectivity index (χ4v) is 1.68. The van der Waals surface area contributed by atoms with E-state index in [4.69, 9.17) is 35.0 Å². The Kier molecular flexibility index (Phi) is 10.7. The topological polar surface area (TPSA) is 148 Å². The molecule has 2 rings (SSSR count). The first-order valence-electron chi connectivity index (χ1n) is 7.23. The van der Waals surface area contributed by atoms with E-state index in [-0.39, 0.29) is 12.0 Å². The molecule has 1 aromatic rings. The van der Waals surface area contributed by atoms with Crippen LogP contribution in [0.3, 0.4) is 0 Å². The monoisotopic (exact) mass is 362 g/mol. The van der Waals surface area contributed by atoms with Crippen molar-refractivity contribution >= 4 is 17.9 Å². The van der Waals surface area contributed by atoms with Crippen LogP contribution in [-0.2, 0) is 14.3 Å². The van der Waals surface area contributed by atoms with E-state index in [2.05, 4.69) is 9.97 Å². The molecule has 4 N–H and O–H groups in total. The molecule has 11 heteroatoms. The Hall–Kier alpha value is -2.53. The van der Waals surface area contributed by atoms with Crippen LogP contribution in [0.2, 0.25) is 0 Å². The third-order valence-corrected chi connectivity index (χ3v) is 2.58. The van der Waals surface area contributed by atoms with Crippen LogP contribution in [0.15, 0.2) is 6.20 Å². The van der Waals surface area contributed by atoms with Crippen LogP contribution >= 0.6 is 0 Å². The van der Waals surface area contributed by atoms with Crippen LogP contribution in [0.5, 0.6) is 5.88 Å². The lowest BCUT2D eigenvalue weighted by Gasteiger charge is -2.32. The predicted molar refractivity (Wildman–Crippen MR) is 86.2 cm³/mol. The standard InChI is InChI=1S/C10H15FN4O2.2C2H4O2/c1-16-9-8(11)5-13-10(14-9)15-2-3-17-7(4-12)6-15;2*1-2(3)4/h5,7H,2-4,6,12H2,1H3;2*1H3,(H,3,4). The molecule has 25 heavy (non-hydrogen) atoms. The summed E-state index contributed by atoms with van der Waals surface area (Å²) in [7, 11) is 1.37. The molecule has 142 valence electrons. The van der Waals surface area contributed by atoms with Crippen LogP contribution in [0.25, 0.3) is 0 Å². The Labute approximate surface area is 144 Å². The summed E-state index contributed by atoms with van der Waals surface area (Å²) in [5.74, 6) is -1.85. The zero-order valence-corrected chi connectivity index (χ0v) is 14.3. The number of morpholine rings is 1. The molecule has 0 aromatic carbocycles. The average Bonchev–Trinajstić information content (AvgIpc) is 2.54. The Bertz CT molecular complexity index is 540. The zero-order chi connectivity index (χ0) is 19.4. The summed E-state index contributed by atoms with van der Waals surface area (Å²) >= 11 is 0. The lowest BCUT2D eigenvalue weighted by Crippen LogP contribution is -2.46. The number of carbonyl (C=O) groups is 2. The molecular formula is C14H23FN4O6. The second-order valence-electron chi connectivity index (χ2n) is 4.74. The third kappa shape index (κ3) is 10.0. The Balaban J connectivity index is 0.000000609. The minimum absolute atomic E-state index is 0.0385. The van der Waals surface area contributed by atoms with Gasteiger partial charge in [0.25, 0.3) is 17.8 Å². The van der Waals surface area contributed by atoms with Crippen LogP contribution in [0.4, 0.5) is 10.3 Å². The number of nitrogens with zero attached hydrogens (tertiary/aromatic N) is 3. The molecule has 1 unspecified atom stereocenters. The van der Waals surface area contributed by atoms with Crippen molar-refractivity contribution in [2.45, 2.75) is 20.0 Å². The molecule has 1 aromatic heterocycles. The fraction of sp³-hybridized carbons (Fsp3) is 0.571. The Morgan fingerprint density at radius 3 is 2.48 bits per heavy atom. The number of rotatable bonds is 3.